The van der Waals surface area contributed by atoms with Crippen LogP contribution in [0.3, 0.4) is 0 Å². The van der Waals surface area contributed by atoms with Crippen molar-refractivity contribution in [2.24, 2.45) is 5.73 Å². The van der Waals surface area contributed by atoms with Gasteiger partial charge < -0.3 is 5.73 Å². The summed E-state index contributed by atoms with van der Waals surface area (Å²) in [6.45, 7) is 0.274. The number of fused-ring (bicyclic) bond motifs is 1. The first-order valence-electron chi connectivity index (χ1n) is 5.95. The van der Waals surface area contributed by atoms with Crippen LogP contribution in [-0.2, 0) is 4.79 Å². The van der Waals surface area contributed by atoms with Crippen LogP contribution in [0.25, 0.3) is 0 Å². The van der Waals surface area contributed by atoms with E-state index in [0.29, 0.717) is 24.0 Å². The number of nitrogens with two attached hydrogens (primary N) is 1. The van der Waals surface area contributed by atoms with Gasteiger partial charge in [-0.25, -0.2) is 0 Å². The van der Waals surface area contributed by atoms with E-state index in [1.165, 1.54) is 4.90 Å². The van der Waals surface area contributed by atoms with Gasteiger partial charge >= 0.3 is 0 Å². The van der Waals surface area contributed by atoms with Crippen molar-refractivity contribution in [1.82, 2.24) is 4.90 Å². The lowest BCUT2D eigenvalue weighted by Gasteiger charge is -2.14. The molecule has 1 aromatic carbocycles. The molecular weight excluding hydrogens is 264 g/mol. The summed E-state index contributed by atoms with van der Waals surface area (Å²) >= 11 is 4.03. The average Bonchev–Trinajstić information content (AvgIpc) is 2.64. The Balaban J connectivity index is 1.99. The van der Waals surface area contributed by atoms with E-state index >= 15 is 0 Å². The van der Waals surface area contributed by atoms with Gasteiger partial charge in [-0.05, 0) is 25.0 Å². The molecule has 5 nitrogen and oxygen atoms in total. The zero-order valence-corrected chi connectivity index (χ0v) is 11.1. The summed E-state index contributed by atoms with van der Waals surface area (Å²) in [6.07, 6.45) is 0.939. The van der Waals surface area contributed by atoms with Gasteiger partial charge in [-0.3, -0.25) is 19.3 Å². The Labute approximate surface area is 116 Å². The van der Waals surface area contributed by atoms with Crippen LogP contribution in [0.2, 0.25) is 0 Å². The van der Waals surface area contributed by atoms with Gasteiger partial charge in [-0.1, -0.05) is 12.1 Å². The zero-order valence-electron chi connectivity index (χ0n) is 10.2. The lowest BCUT2D eigenvalue weighted by atomic mass is 10.1. The third-order valence-corrected chi connectivity index (χ3v) is 3.58. The lowest BCUT2D eigenvalue weighted by molar-refractivity contribution is -0.117. The fourth-order valence-electron chi connectivity index (χ4n) is 2.03. The van der Waals surface area contributed by atoms with Crippen molar-refractivity contribution in [3.63, 3.8) is 0 Å². The number of rotatable bonds is 5. The Morgan fingerprint density at radius 3 is 2.21 bits per heavy atom. The van der Waals surface area contributed by atoms with E-state index in [4.69, 9.17) is 5.73 Å². The number of thiol groups is 1. The molecule has 0 bridgehead atoms. The second kappa shape index (κ2) is 5.44. The van der Waals surface area contributed by atoms with Crippen LogP contribution in [0.4, 0.5) is 0 Å². The molecule has 1 aliphatic heterocycles. The number of hydrogen-bond donors (Lipinski definition) is 2. The minimum atomic E-state index is -0.546. The average molecular weight is 278 g/mol. The van der Waals surface area contributed by atoms with E-state index in [2.05, 4.69) is 12.6 Å². The van der Waals surface area contributed by atoms with Crippen LogP contribution >= 0.6 is 12.6 Å². The minimum Gasteiger partial charge on any atom is -0.369 e. The molecule has 2 N–H and O–H groups in total. The fraction of sp³-hybridized carbons (Fsp3) is 0.308. The van der Waals surface area contributed by atoms with Crippen LogP contribution in [0.15, 0.2) is 24.3 Å². The van der Waals surface area contributed by atoms with Gasteiger partial charge in [-0.2, -0.15) is 12.6 Å². The molecule has 100 valence electrons. The zero-order chi connectivity index (χ0) is 14.0. The predicted molar refractivity (Wildman–Crippen MR) is 73.0 cm³/mol. The Bertz CT molecular complexity index is 509. The Morgan fingerprint density at radius 2 is 1.74 bits per heavy atom. The van der Waals surface area contributed by atoms with Crippen LogP contribution in [0.5, 0.6) is 0 Å². The maximum atomic E-state index is 12.0. The Morgan fingerprint density at radius 1 is 1.21 bits per heavy atom. The van der Waals surface area contributed by atoms with E-state index in [9.17, 15) is 14.4 Å². The summed E-state index contributed by atoms with van der Waals surface area (Å²) in [5.74, 6) is -1.06. The lowest BCUT2D eigenvalue weighted by Crippen LogP contribution is -2.32. The summed E-state index contributed by atoms with van der Waals surface area (Å²) in [7, 11) is 0. The van der Waals surface area contributed by atoms with Gasteiger partial charge in [0, 0.05) is 6.54 Å². The predicted octanol–water partition coefficient (Wildman–Crippen LogP) is 0.847. The van der Waals surface area contributed by atoms with E-state index in [0.717, 1.165) is 0 Å². The molecule has 1 aliphatic rings. The smallest absolute Gasteiger partial charge is 0.261 e. The van der Waals surface area contributed by atoms with Gasteiger partial charge in [-0.15, -0.1) is 0 Å². The molecule has 0 unspecified atom stereocenters. The maximum Gasteiger partial charge on any atom is 0.261 e. The molecule has 6 heteroatoms. The van der Waals surface area contributed by atoms with E-state index in [1.54, 1.807) is 24.3 Å². The van der Waals surface area contributed by atoms with Crippen molar-refractivity contribution in [3.8, 4) is 0 Å². The van der Waals surface area contributed by atoms with Gasteiger partial charge in [0.15, 0.2) is 0 Å². The highest BCUT2D eigenvalue weighted by molar-refractivity contribution is 7.81. The Hall–Kier alpha value is -1.82. The van der Waals surface area contributed by atoms with E-state index in [-0.39, 0.29) is 18.4 Å². The first-order valence-corrected chi connectivity index (χ1v) is 6.46. The molecule has 19 heavy (non-hydrogen) atoms. The molecule has 1 aromatic rings. The third kappa shape index (κ3) is 2.63. The number of amides is 3. The number of hydrogen-bond acceptors (Lipinski definition) is 4. The highest BCUT2D eigenvalue weighted by Gasteiger charge is 2.34. The standard InChI is InChI=1S/C13H14N2O3S/c14-11(16)10(19)6-3-7-15-12(17)8-4-1-2-5-9(8)13(15)18/h1-2,4-5,10,19H,3,6-7H2,(H2,14,16)/t10-/m0/s1. The molecule has 0 spiro atoms. The molecule has 0 fully saturated rings. The number of carbonyl (C=O) groups is 3. The number of benzene rings is 1. The number of nitrogens with zero attached hydrogens (tertiary/aromatic N) is 1. The number of imide groups is 1. The molecule has 0 radical (unpaired) electrons. The van der Waals surface area contributed by atoms with Crippen molar-refractivity contribution in [2.75, 3.05) is 6.54 Å². The van der Waals surface area contributed by atoms with Gasteiger partial charge in [0.25, 0.3) is 11.8 Å². The molecule has 0 aliphatic carbocycles. The second-order valence-electron chi connectivity index (χ2n) is 4.37. The monoisotopic (exact) mass is 278 g/mol. The SMILES string of the molecule is NC(=O)[C@@H](S)CCCN1C(=O)c2ccccc2C1=O. The van der Waals surface area contributed by atoms with E-state index < -0.39 is 11.2 Å². The summed E-state index contributed by atoms with van der Waals surface area (Å²) in [6, 6.07) is 6.73. The Kier molecular flexibility index (Phi) is 3.90. The topological polar surface area (TPSA) is 80.5 Å². The summed E-state index contributed by atoms with van der Waals surface area (Å²) in [5, 5.41) is -0.546. The van der Waals surface area contributed by atoms with Gasteiger partial charge in [0.1, 0.15) is 0 Å². The van der Waals surface area contributed by atoms with Crippen molar-refractivity contribution in [3.05, 3.63) is 35.4 Å². The number of primary amides is 1. The van der Waals surface area contributed by atoms with Gasteiger partial charge in [0.2, 0.25) is 5.91 Å². The molecule has 2 rings (SSSR count). The van der Waals surface area contributed by atoms with Crippen molar-refractivity contribution in [1.29, 1.82) is 0 Å². The van der Waals surface area contributed by atoms with Crippen LogP contribution in [-0.4, -0.2) is 34.4 Å². The quantitative estimate of drug-likeness (QED) is 0.619. The van der Waals surface area contributed by atoms with Crippen LogP contribution in [0, 0.1) is 0 Å². The molecule has 3 amide bonds. The highest BCUT2D eigenvalue weighted by Crippen LogP contribution is 2.22. The molecule has 1 atom stereocenters. The van der Waals surface area contributed by atoms with Crippen LogP contribution in [0.1, 0.15) is 33.6 Å². The molecular formula is C13H14N2O3S. The van der Waals surface area contributed by atoms with Crippen molar-refractivity contribution in [2.45, 2.75) is 18.1 Å². The summed E-state index contributed by atoms with van der Waals surface area (Å²) in [5.41, 5.74) is 5.96. The first kappa shape index (κ1) is 13.6. The maximum absolute atomic E-state index is 12.0. The number of carbonyl (C=O) groups excluding carboxylic acids is 3. The summed E-state index contributed by atoms with van der Waals surface area (Å²) in [4.78, 5) is 36.1. The molecule has 0 saturated carbocycles. The van der Waals surface area contributed by atoms with Crippen LogP contribution < -0.4 is 5.73 Å². The normalized spacial score (nSPS) is 15.5. The third-order valence-electron chi connectivity index (χ3n) is 3.07. The molecule has 0 saturated heterocycles. The largest absolute Gasteiger partial charge is 0.369 e. The summed E-state index contributed by atoms with van der Waals surface area (Å²) < 4.78 is 0. The molecule has 0 aromatic heterocycles. The molecule has 1 heterocycles. The van der Waals surface area contributed by atoms with E-state index in [1.807, 2.05) is 0 Å². The van der Waals surface area contributed by atoms with Crippen molar-refractivity contribution >= 4 is 30.4 Å². The van der Waals surface area contributed by atoms with Crippen molar-refractivity contribution < 1.29 is 14.4 Å². The van der Waals surface area contributed by atoms with Gasteiger partial charge in [0.05, 0.1) is 16.4 Å². The highest BCUT2D eigenvalue weighted by atomic mass is 32.1. The first-order chi connectivity index (χ1) is 9.02. The minimum absolute atomic E-state index is 0.274. The second-order valence-corrected chi connectivity index (χ2v) is 4.99. The fourth-order valence-corrected chi connectivity index (χ4v) is 2.21.